The zero-order valence-electron chi connectivity index (χ0n) is 36.7. The van der Waals surface area contributed by atoms with E-state index in [0.29, 0.717) is 62.4 Å². The van der Waals surface area contributed by atoms with Gasteiger partial charge in [0.05, 0.1) is 32.9 Å². The molecule has 1 aliphatic heterocycles. The Morgan fingerprint density at radius 1 is 0.859 bits per heavy atom. The average Bonchev–Trinajstić information content (AvgIpc) is 4.06. The highest BCUT2D eigenvalue weighted by molar-refractivity contribution is 7.17. The Balaban J connectivity index is 0.907. The van der Waals surface area contributed by atoms with Crippen LogP contribution in [0.3, 0.4) is 0 Å². The maximum atomic E-state index is 14.1. The van der Waals surface area contributed by atoms with E-state index in [4.69, 9.17) is 0 Å². The fraction of sp³-hybridized carbons (Fsp3) is 0.327. The fourth-order valence-electron chi connectivity index (χ4n) is 7.69. The quantitative estimate of drug-likeness (QED) is 0.0600. The van der Waals surface area contributed by atoms with Gasteiger partial charge < -0.3 is 31.5 Å². The number of likely N-dealkylation sites (tertiary alicyclic amines) is 1. The molecule has 2 unspecified atom stereocenters. The third-order valence-electron chi connectivity index (χ3n) is 11.3. The minimum Gasteiger partial charge on any atom is -0.352 e. The van der Waals surface area contributed by atoms with Crippen molar-refractivity contribution in [3.8, 4) is 10.4 Å². The Labute approximate surface area is 381 Å². The second kappa shape index (κ2) is 20.4. The normalized spacial score (nSPS) is 14.2. The number of aromatic nitrogens is 2. The van der Waals surface area contributed by atoms with E-state index >= 15 is 0 Å². The lowest BCUT2D eigenvalue weighted by Gasteiger charge is -2.35. The number of thiophene rings is 1. The predicted molar refractivity (Wildman–Crippen MR) is 255 cm³/mol. The zero-order valence-corrected chi connectivity index (χ0v) is 38.4. The Morgan fingerprint density at radius 2 is 1.62 bits per heavy atom. The van der Waals surface area contributed by atoms with Crippen LogP contribution in [0.4, 0.5) is 17.2 Å². The van der Waals surface area contributed by atoms with Crippen molar-refractivity contribution in [2.75, 3.05) is 23.7 Å². The molecule has 332 valence electrons. The Bertz CT molecular complexity index is 2650. The number of fused-ring (bicyclic) bond motifs is 1. The lowest BCUT2D eigenvalue weighted by atomic mass is 9.85. The number of hydrogen-bond donors (Lipinski definition) is 5. The van der Waals surface area contributed by atoms with Gasteiger partial charge in [-0.2, -0.15) is 0 Å². The van der Waals surface area contributed by atoms with Crippen molar-refractivity contribution < 1.29 is 24.0 Å². The maximum Gasteiger partial charge on any atom is 0.257 e. The molecule has 6 aromatic rings. The van der Waals surface area contributed by atoms with Crippen LogP contribution in [0, 0.1) is 19.3 Å². The van der Waals surface area contributed by atoms with E-state index in [1.807, 2.05) is 118 Å². The highest BCUT2D eigenvalue weighted by Gasteiger charge is 2.41. The molecule has 0 radical (unpaired) electrons. The predicted octanol–water partition coefficient (Wildman–Crippen LogP) is 8.77. The molecule has 0 aliphatic carbocycles. The summed E-state index contributed by atoms with van der Waals surface area (Å²) in [7, 11) is 0. The van der Waals surface area contributed by atoms with E-state index in [0.717, 1.165) is 43.0 Å². The average molecular weight is 899 g/mol. The molecular weight excluding hydrogens is 845 g/mol. The second-order valence-corrected chi connectivity index (χ2v) is 18.9. The van der Waals surface area contributed by atoms with E-state index in [-0.39, 0.29) is 41.5 Å². The van der Waals surface area contributed by atoms with E-state index < -0.39 is 17.5 Å². The SMILES string of the molecule is Cc1ccccc1Nc1ncc(C(=O)NCCCCC(=O)NC(C(=O)N2CCCC2C(=O)NCc2ccc(-c3scnc3C)cc2)C(C)(C)C)cc1NC(=O)c1csc2ccccc12. The van der Waals surface area contributed by atoms with Gasteiger partial charge in [-0.15, -0.1) is 22.7 Å². The number of unbranched alkanes of at least 4 members (excludes halogenated alkanes) is 1. The number of aryl methyl sites for hydroxylation is 2. The van der Waals surface area contributed by atoms with Gasteiger partial charge >= 0.3 is 0 Å². The molecule has 5 amide bonds. The Kier molecular flexibility index (Phi) is 14.5. The number of amides is 5. The van der Waals surface area contributed by atoms with Gasteiger partial charge in [0.1, 0.15) is 12.1 Å². The van der Waals surface area contributed by atoms with Crippen LogP contribution in [0.1, 0.15) is 90.4 Å². The number of carbonyl (C=O) groups is 5. The van der Waals surface area contributed by atoms with Crippen LogP contribution in [-0.2, 0) is 20.9 Å². The van der Waals surface area contributed by atoms with Gasteiger partial charge in [0.2, 0.25) is 17.7 Å². The van der Waals surface area contributed by atoms with E-state index in [1.165, 1.54) is 17.5 Å². The van der Waals surface area contributed by atoms with Gasteiger partial charge in [0, 0.05) is 53.4 Å². The van der Waals surface area contributed by atoms with Crippen molar-refractivity contribution in [3.05, 3.63) is 124 Å². The van der Waals surface area contributed by atoms with Gasteiger partial charge in [-0.25, -0.2) is 9.97 Å². The number of thiazole rings is 1. The molecule has 2 atom stereocenters. The molecule has 7 rings (SSSR count). The first kappa shape index (κ1) is 45.6. The standard InChI is InChI=1S/C49H54N8O5S2/c1-30-13-6-8-15-37(30)54-44-38(55-46(60)36-28-63-40-17-9-7-14-35(36)40)25-34(27-51-44)45(59)50-23-11-10-18-41(58)56-43(49(3,4)5)48(62)57-24-12-16-39(57)47(61)52-26-32-19-21-33(22-20-32)42-31(2)53-29-64-42/h6-9,13-15,17,19-22,25,27-29,39,43H,10-12,16,18,23-24,26H2,1-5H3,(H,50,59)(H,51,54)(H,52,61)(H,55,60)(H,56,58). The molecule has 1 aliphatic rings. The summed E-state index contributed by atoms with van der Waals surface area (Å²) in [5.41, 5.74) is 7.15. The molecule has 3 aromatic carbocycles. The molecule has 13 nitrogen and oxygen atoms in total. The number of nitrogens with one attached hydrogen (secondary N) is 5. The van der Waals surface area contributed by atoms with Crippen LogP contribution in [0.15, 0.2) is 96.0 Å². The summed E-state index contributed by atoms with van der Waals surface area (Å²) in [6.07, 6.45) is 3.81. The van der Waals surface area contributed by atoms with E-state index in [9.17, 15) is 24.0 Å². The van der Waals surface area contributed by atoms with E-state index in [1.54, 1.807) is 22.3 Å². The minimum absolute atomic E-state index is 0.148. The number of nitrogens with zero attached hydrogens (tertiary/aromatic N) is 3. The van der Waals surface area contributed by atoms with Crippen LogP contribution >= 0.6 is 22.7 Å². The molecular formula is C49H54N8O5S2. The molecule has 0 saturated carbocycles. The number of carbonyl (C=O) groups excluding carboxylic acids is 5. The van der Waals surface area contributed by atoms with Crippen molar-refractivity contribution in [2.24, 2.45) is 5.41 Å². The van der Waals surface area contributed by atoms with E-state index in [2.05, 4.69) is 36.6 Å². The number of benzene rings is 3. The summed E-state index contributed by atoms with van der Waals surface area (Å²) in [4.78, 5) is 79.4. The van der Waals surface area contributed by atoms with Crippen molar-refractivity contribution in [3.63, 3.8) is 0 Å². The van der Waals surface area contributed by atoms with Gasteiger partial charge in [-0.3, -0.25) is 24.0 Å². The van der Waals surface area contributed by atoms with Crippen LogP contribution in [0.2, 0.25) is 0 Å². The van der Waals surface area contributed by atoms with Crippen LogP contribution in [-0.4, -0.2) is 69.6 Å². The summed E-state index contributed by atoms with van der Waals surface area (Å²) in [5.74, 6) is -1.08. The lowest BCUT2D eigenvalue weighted by molar-refractivity contribution is -0.143. The fourth-order valence-corrected chi connectivity index (χ4v) is 9.45. The Hall–Kier alpha value is -6.45. The first-order valence-electron chi connectivity index (χ1n) is 21.5. The summed E-state index contributed by atoms with van der Waals surface area (Å²) in [5, 5.41) is 17.8. The molecule has 15 heteroatoms. The maximum absolute atomic E-state index is 14.1. The van der Waals surface area contributed by atoms with Crippen LogP contribution in [0.25, 0.3) is 20.5 Å². The first-order chi connectivity index (χ1) is 30.8. The van der Waals surface area contributed by atoms with Gasteiger partial charge in [0.25, 0.3) is 11.8 Å². The molecule has 1 saturated heterocycles. The Morgan fingerprint density at radius 3 is 2.38 bits per heavy atom. The third kappa shape index (κ3) is 11.0. The second-order valence-electron chi connectivity index (χ2n) is 17.1. The molecule has 1 fully saturated rings. The number of hydrogen-bond acceptors (Lipinski definition) is 10. The molecule has 3 aromatic heterocycles. The molecule has 5 N–H and O–H groups in total. The topological polar surface area (TPSA) is 175 Å². The number of pyridine rings is 1. The summed E-state index contributed by atoms with van der Waals surface area (Å²) < 4.78 is 0.992. The number of para-hydroxylation sites is 1. The summed E-state index contributed by atoms with van der Waals surface area (Å²) in [6, 6.07) is 23.6. The highest BCUT2D eigenvalue weighted by Crippen LogP contribution is 2.31. The van der Waals surface area contributed by atoms with Crippen molar-refractivity contribution in [2.45, 2.75) is 85.4 Å². The van der Waals surface area contributed by atoms with Crippen molar-refractivity contribution >= 4 is 79.5 Å². The summed E-state index contributed by atoms with van der Waals surface area (Å²) in [6.45, 7) is 10.7. The smallest absolute Gasteiger partial charge is 0.257 e. The molecule has 0 spiro atoms. The minimum atomic E-state index is -0.834. The van der Waals surface area contributed by atoms with Crippen LogP contribution in [0.5, 0.6) is 0 Å². The highest BCUT2D eigenvalue weighted by atomic mass is 32.1. The molecule has 64 heavy (non-hydrogen) atoms. The largest absolute Gasteiger partial charge is 0.352 e. The zero-order chi connectivity index (χ0) is 45.4. The van der Waals surface area contributed by atoms with Gasteiger partial charge in [-0.1, -0.05) is 81.4 Å². The monoisotopic (exact) mass is 898 g/mol. The molecule has 4 heterocycles. The third-order valence-corrected chi connectivity index (χ3v) is 13.3. The number of anilines is 3. The van der Waals surface area contributed by atoms with Crippen LogP contribution < -0.4 is 26.6 Å². The first-order valence-corrected chi connectivity index (χ1v) is 23.3. The van der Waals surface area contributed by atoms with Crippen molar-refractivity contribution in [1.82, 2.24) is 30.8 Å². The number of rotatable bonds is 16. The molecule has 0 bridgehead atoms. The summed E-state index contributed by atoms with van der Waals surface area (Å²) >= 11 is 3.07. The van der Waals surface area contributed by atoms with Gasteiger partial charge in [-0.05, 0) is 79.8 Å². The van der Waals surface area contributed by atoms with Gasteiger partial charge in [0.15, 0.2) is 5.82 Å². The lowest BCUT2D eigenvalue weighted by Crippen LogP contribution is -2.57. The van der Waals surface area contributed by atoms with Crippen molar-refractivity contribution in [1.29, 1.82) is 0 Å².